The van der Waals surface area contributed by atoms with E-state index in [0.717, 1.165) is 24.9 Å². The molecular formula is C13H17Co2NO2-2. The Morgan fingerprint density at radius 2 is 1.94 bits per heavy atom. The smallest absolute Gasteiger partial charge is 0.380 e. The number of hydrogen-bond acceptors (Lipinski definition) is 2. The van der Waals surface area contributed by atoms with E-state index >= 15 is 0 Å². The van der Waals surface area contributed by atoms with Crippen LogP contribution in [0.1, 0.15) is 18.4 Å². The first-order chi connectivity index (χ1) is 7.36. The van der Waals surface area contributed by atoms with Gasteiger partial charge in [0.2, 0.25) is 0 Å². The van der Waals surface area contributed by atoms with Crippen molar-refractivity contribution < 1.29 is 43.1 Å². The van der Waals surface area contributed by atoms with Gasteiger partial charge in [0.25, 0.3) is 0 Å². The van der Waals surface area contributed by atoms with E-state index in [1.54, 1.807) is 4.90 Å². The SMILES string of the molecule is O=C(OCc1ccccc1)N1[CH-]CCC1.[CH3-].[Co].[Co]. The maximum atomic E-state index is 11.5. The minimum Gasteiger partial charge on any atom is -0.458 e. The van der Waals surface area contributed by atoms with E-state index in [1.807, 2.05) is 36.9 Å². The van der Waals surface area contributed by atoms with Crippen LogP contribution in [0, 0.1) is 14.0 Å². The molecule has 2 rings (SSSR count). The van der Waals surface area contributed by atoms with Gasteiger partial charge in [0.1, 0.15) is 6.61 Å². The molecule has 1 amide bonds. The van der Waals surface area contributed by atoms with Gasteiger partial charge in [-0.2, -0.15) is 6.42 Å². The van der Waals surface area contributed by atoms with Crippen molar-refractivity contribution in [3.05, 3.63) is 49.9 Å². The fraction of sp³-hybridized carbons (Fsp3) is 0.308. The molecule has 2 radical (unpaired) electrons. The van der Waals surface area contributed by atoms with E-state index in [1.165, 1.54) is 0 Å². The largest absolute Gasteiger partial charge is 0.458 e. The molecule has 1 saturated heterocycles. The zero-order valence-corrected chi connectivity index (χ0v) is 12.3. The van der Waals surface area contributed by atoms with Crippen molar-refractivity contribution in [1.82, 2.24) is 4.90 Å². The average molecular weight is 337 g/mol. The van der Waals surface area contributed by atoms with Crippen molar-refractivity contribution >= 4 is 6.09 Å². The van der Waals surface area contributed by atoms with Gasteiger partial charge in [-0.05, 0) is 12.1 Å². The molecule has 1 aliphatic heterocycles. The Morgan fingerprint density at radius 3 is 2.50 bits per heavy atom. The van der Waals surface area contributed by atoms with E-state index in [9.17, 15) is 4.79 Å². The van der Waals surface area contributed by atoms with Gasteiger partial charge in [0.15, 0.2) is 0 Å². The number of carbonyl (C=O) groups excluding carboxylic acids is 1. The van der Waals surface area contributed by atoms with Crippen LogP contribution in [0.4, 0.5) is 4.79 Å². The van der Waals surface area contributed by atoms with E-state index in [0.29, 0.717) is 6.61 Å². The molecular weight excluding hydrogens is 320 g/mol. The molecule has 0 aromatic heterocycles. The molecule has 0 bridgehead atoms. The molecule has 0 aliphatic carbocycles. The van der Waals surface area contributed by atoms with Crippen molar-refractivity contribution in [2.75, 3.05) is 6.54 Å². The van der Waals surface area contributed by atoms with Crippen molar-refractivity contribution in [3.8, 4) is 0 Å². The van der Waals surface area contributed by atoms with Crippen LogP contribution in [-0.2, 0) is 44.9 Å². The first-order valence-corrected chi connectivity index (χ1v) is 5.17. The maximum absolute atomic E-state index is 11.5. The third kappa shape index (κ3) is 5.90. The van der Waals surface area contributed by atoms with E-state index in [4.69, 9.17) is 4.74 Å². The summed E-state index contributed by atoms with van der Waals surface area (Å²) in [4.78, 5) is 13.1. The normalized spacial score (nSPS) is 12.8. The standard InChI is InChI=1S/C12H14NO2.CH3.2Co/c14-12(13-8-4-5-9-13)15-10-11-6-2-1-3-7-11;;;/h1-3,6-8H,4-5,9-10H2;1H3;;/q2*-1;;. The number of hydrogen-bond donors (Lipinski definition) is 0. The zero-order chi connectivity index (χ0) is 10.5. The van der Waals surface area contributed by atoms with Crippen LogP contribution in [0.25, 0.3) is 0 Å². The van der Waals surface area contributed by atoms with E-state index in [-0.39, 0.29) is 47.1 Å². The zero-order valence-electron chi connectivity index (χ0n) is 10.2. The predicted molar refractivity (Wildman–Crippen MR) is 63.3 cm³/mol. The molecule has 0 spiro atoms. The van der Waals surface area contributed by atoms with Crippen molar-refractivity contribution in [1.29, 1.82) is 0 Å². The fourth-order valence-corrected chi connectivity index (χ4v) is 1.57. The Kier molecular flexibility index (Phi) is 11.5. The molecule has 1 fully saturated rings. The van der Waals surface area contributed by atoms with Gasteiger partial charge >= 0.3 is 6.09 Å². The molecule has 0 unspecified atom stereocenters. The molecule has 1 aromatic rings. The number of benzene rings is 1. The van der Waals surface area contributed by atoms with Crippen LogP contribution < -0.4 is 0 Å². The first kappa shape index (κ1) is 19.8. The van der Waals surface area contributed by atoms with Crippen LogP contribution in [0.2, 0.25) is 0 Å². The Balaban J connectivity index is 0. The maximum Gasteiger partial charge on any atom is 0.380 e. The first-order valence-electron chi connectivity index (χ1n) is 5.17. The van der Waals surface area contributed by atoms with Crippen LogP contribution in [0.3, 0.4) is 0 Å². The van der Waals surface area contributed by atoms with Gasteiger partial charge in [-0.15, -0.1) is 0 Å². The molecule has 1 aromatic carbocycles. The summed E-state index contributed by atoms with van der Waals surface area (Å²) < 4.78 is 5.17. The summed E-state index contributed by atoms with van der Waals surface area (Å²) >= 11 is 0. The quantitative estimate of drug-likeness (QED) is 0.777. The van der Waals surface area contributed by atoms with Crippen LogP contribution in [0.5, 0.6) is 0 Å². The third-order valence-corrected chi connectivity index (χ3v) is 2.39. The van der Waals surface area contributed by atoms with Gasteiger partial charge in [0.05, 0.1) is 0 Å². The monoisotopic (exact) mass is 337 g/mol. The molecule has 1 aliphatic rings. The number of ether oxygens (including phenoxy) is 1. The molecule has 106 valence electrons. The second kappa shape index (κ2) is 10.4. The van der Waals surface area contributed by atoms with Gasteiger partial charge in [-0.1, -0.05) is 36.8 Å². The van der Waals surface area contributed by atoms with Crippen molar-refractivity contribution in [2.24, 2.45) is 0 Å². The summed E-state index contributed by atoms with van der Waals surface area (Å²) in [6, 6.07) is 9.71. The van der Waals surface area contributed by atoms with Gasteiger partial charge < -0.3 is 17.1 Å². The second-order valence-electron chi connectivity index (χ2n) is 3.56. The third-order valence-electron chi connectivity index (χ3n) is 2.39. The van der Waals surface area contributed by atoms with Crippen LogP contribution >= 0.6 is 0 Å². The number of nitrogens with zero attached hydrogens (tertiary/aromatic N) is 1. The fourth-order valence-electron chi connectivity index (χ4n) is 1.57. The Morgan fingerprint density at radius 1 is 1.28 bits per heavy atom. The van der Waals surface area contributed by atoms with Crippen molar-refractivity contribution in [2.45, 2.75) is 19.4 Å². The van der Waals surface area contributed by atoms with Crippen molar-refractivity contribution in [3.63, 3.8) is 0 Å². The molecule has 3 nitrogen and oxygen atoms in total. The van der Waals surface area contributed by atoms with Crippen LogP contribution in [0.15, 0.2) is 30.3 Å². The van der Waals surface area contributed by atoms with Gasteiger partial charge in [-0.25, -0.2) is 11.3 Å². The topological polar surface area (TPSA) is 29.5 Å². The minimum absolute atomic E-state index is 0. The number of amides is 1. The molecule has 18 heavy (non-hydrogen) atoms. The summed E-state index contributed by atoms with van der Waals surface area (Å²) in [5, 5.41) is 0. The minimum atomic E-state index is -0.239. The molecule has 0 saturated carbocycles. The van der Waals surface area contributed by atoms with E-state index < -0.39 is 0 Å². The molecule has 0 N–H and O–H groups in total. The Labute approximate surface area is 130 Å². The summed E-state index contributed by atoms with van der Waals surface area (Å²) in [5.41, 5.74) is 1.02. The van der Waals surface area contributed by atoms with Gasteiger partial charge in [0, 0.05) is 33.6 Å². The summed E-state index contributed by atoms with van der Waals surface area (Å²) in [6.45, 7) is 3.03. The van der Waals surface area contributed by atoms with E-state index in [2.05, 4.69) is 0 Å². The molecule has 0 atom stereocenters. The number of rotatable bonds is 2. The molecule has 5 heteroatoms. The summed E-state index contributed by atoms with van der Waals surface area (Å²) in [5.74, 6) is 0. The Hall–Kier alpha value is -0.497. The average Bonchev–Trinajstić information content (AvgIpc) is 2.81. The summed E-state index contributed by atoms with van der Waals surface area (Å²) in [7, 11) is 0. The Bertz CT molecular complexity index is 327. The predicted octanol–water partition coefficient (Wildman–Crippen LogP) is 3.03. The number of likely N-dealkylation sites (tertiary alicyclic amines) is 1. The van der Waals surface area contributed by atoms with Crippen LogP contribution in [-0.4, -0.2) is 17.5 Å². The number of carbonyl (C=O) groups is 1. The van der Waals surface area contributed by atoms with Gasteiger partial charge in [-0.3, -0.25) is 0 Å². The summed E-state index contributed by atoms with van der Waals surface area (Å²) in [6.07, 6.45) is 1.78. The molecule has 1 heterocycles. The second-order valence-corrected chi connectivity index (χ2v) is 3.56.